The molecular formula is C21H26N6O2S2. The number of aromatic nitrogens is 4. The van der Waals surface area contributed by atoms with Gasteiger partial charge < -0.3 is 10.1 Å². The maximum Gasteiger partial charge on any atom is 0.236 e. The maximum absolute atomic E-state index is 12.5. The molecule has 1 aliphatic heterocycles. The van der Waals surface area contributed by atoms with Gasteiger partial charge in [0.15, 0.2) is 10.3 Å². The molecule has 31 heavy (non-hydrogen) atoms. The van der Waals surface area contributed by atoms with E-state index < -0.39 is 0 Å². The Kier molecular flexibility index (Phi) is 7.01. The van der Waals surface area contributed by atoms with Gasteiger partial charge in [0.25, 0.3) is 0 Å². The number of hydrogen-bond donors (Lipinski definition) is 1. The van der Waals surface area contributed by atoms with Crippen LogP contribution in [0.25, 0.3) is 5.69 Å². The number of carbonyl (C=O) groups is 1. The van der Waals surface area contributed by atoms with Crippen molar-refractivity contribution >= 4 is 34.1 Å². The lowest BCUT2D eigenvalue weighted by atomic mass is 10.1. The highest BCUT2D eigenvalue weighted by atomic mass is 32.2. The molecule has 1 amide bonds. The molecule has 1 aromatic carbocycles. The highest BCUT2D eigenvalue weighted by Crippen LogP contribution is 2.25. The van der Waals surface area contributed by atoms with Crippen LogP contribution >= 0.6 is 23.1 Å². The number of carbonyl (C=O) groups excluding carboxylic acids is 1. The number of rotatable bonds is 7. The molecule has 0 saturated carbocycles. The quantitative estimate of drug-likeness (QED) is 0.544. The van der Waals surface area contributed by atoms with Crippen molar-refractivity contribution in [1.82, 2.24) is 24.6 Å². The average molecular weight is 459 g/mol. The van der Waals surface area contributed by atoms with Crippen LogP contribution in [0, 0.1) is 20.8 Å². The van der Waals surface area contributed by atoms with Crippen molar-refractivity contribution in [3.8, 4) is 5.69 Å². The molecule has 2 aromatic heterocycles. The Morgan fingerprint density at radius 2 is 2.03 bits per heavy atom. The number of thiazole rings is 1. The topological polar surface area (TPSA) is 85.2 Å². The van der Waals surface area contributed by atoms with Gasteiger partial charge in [-0.1, -0.05) is 23.9 Å². The second kappa shape index (κ2) is 9.90. The molecule has 0 spiro atoms. The summed E-state index contributed by atoms with van der Waals surface area (Å²) in [5.41, 5.74) is 4.31. The number of amides is 1. The fourth-order valence-corrected chi connectivity index (χ4v) is 4.89. The summed E-state index contributed by atoms with van der Waals surface area (Å²) in [4.78, 5) is 19.4. The summed E-state index contributed by atoms with van der Waals surface area (Å²) in [6.07, 6.45) is 0. The van der Waals surface area contributed by atoms with Gasteiger partial charge in [-0.2, -0.15) is 0 Å². The van der Waals surface area contributed by atoms with E-state index in [0.29, 0.717) is 10.3 Å². The minimum absolute atomic E-state index is 0.106. The van der Waals surface area contributed by atoms with Crippen LogP contribution in [0.4, 0.5) is 5.13 Å². The van der Waals surface area contributed by atoms with E-state index in [1.165, 1.54) is 28.7 Å². The van der Waals surface area contributed by atoms with E-state index in [1.807, 2.05) is 16.9 Å². The van der Waals surface area contributed by atoms with Crippen LogP contribution in [0.1, 0.15) is 22.6 Å². The first kappa shape index (κ1) is 21.9. The van der Waals surface area contributed by atoms with Crippen LogP contribution in [0.3, 0.4) is 0 Å². The number of hydrogen-bond acceptors (Lipinski definition) is 8. The normalized spacial score (nSPS) is 14.7. The third kappa shape index (κ3) is 5.51. The Morgan fingerprint density at radius 1 is 1.23 bits per heavy atom. The zero-order valence-electron chi connectivity index (χ0n) is 17.9. The van der Waals surface area contributed by atoms with Crippen molar-refractivity contribution in [1.29, 1.82) is 0 Å². The van der Waals surface area contributed by atoms with Gasteiger partial charge in [-0.15, -0.1) is 21.5 Å². The molecule has 1 fully saturated rings. The van der Waals surface area contributed by atoms with Crippen molar-refractivity contribution in [2.75, 3.05) is 37.4 Å². The summed E-state index contributed by atoms with van der Waals surface area (Å²) in [6.45, 7) is 10.2. The van der Waals surface area contributed by atoms with Crippen molar-refractivity contribution in [3.05, 3.63) is 46.2 Å². The number of ether oxygens (including phenoxy) is 1. The molecule has 0 unspecified atom stereocenters. The number of nitrogens with one attached hydrogen (secondary N) is 1. The fraction of sp³-hybridized carbons (Fsp3) is 0.429. The average Bonchev–Trinajstić information content (AvgIpc) is 3.35. The van der Waals surface area contributed by atoms with E-state index in [4.69, 9.17) is 4.74 Å². The Balaban J connectivity index is 1.36. The second-order valence-corrected chi connectivity index (χ2v) is 9.33. The van der Waals surface area contributed by atoms with Gasteiger partial charge in [0, 0.05) is 25.0 Å². The number of benzene rings is 1. The van der Waals surface area contributed by atoms with Gasteiger partial charge in [-0.3, -0.25) is 14.3 Å². The molecule has 10 heteroatoms. The van der Waals surface area contributed by atoms with Gasteiger partial charge in [0.2, 0.25) is 5.91 Å². The Labute approximate surface area is 190 Å². The maximum atomic E-state index is 12.5. The highest BCUT2D eigenvalue weighted by molar-refractivity contribution is 7.99. The van der Waals surface area contributed by atoms with E-state index in [0.717, 1.165) is 55.6 Å². The lowest BCUT2D eigenvalue weighted by Crippen LogP contribution is -2.35. The number of thioether (sulfide) groups is 1. The van der Waals surface area contributed by atoms with Gasteiger partial charge in [0.05, 0.1) is 30.3 Å². The molecule has 4 rings (SSSR count). The standard InChI is InChI=1S/C21H26N6O2S2/c1-14-4-5-15(2)18(10-14)27-16(3)24-25-21(27)31-13-19(28)23-20-22-17(12-30-20)11-26-6-8-29-9-7-26/h4-5,10,12H,6-9,11,13H2,1-3H3,(H,22,23,28). The van der Waals surface area contributed by atoms with Gasteiger partial charge in [0.1, 0.15) is 5.82 Å². The summed E-state index contributed by atoms with van der Waals surface area (Å²) in [5.74, 6) is 0.927. The van der Waals surface area contributed by atoms with E-state index >= 15 is 0 Å². The van der Waals surface area contributed by atoms with E-state index in [2.05, 4.69) is 57.4 Å². The van der Waals surface area contributed by atoms with Crippen molar-refractivity contribution < 1.29 is 9.53 Å². The van der Waals surface area contributed by atoms with E-state index in [1.54, 1.807) is 0 Å². The predicted octanol–water partition coefficient (Wildman–Crippen LogP) is 3.21. The van der Waals surface area contributed by atoms with Crippen LogP contribution in [0.5, 0.6) is 0 Å². The lowest BCUT2D eigenvalue weighted by Gasteiger charge is -2.25. The van der Waals surface area contributed by atoms with Crippen LogP contribution in [-0.2, 0) is 16.1 Å². The van der Waals surface area contributed by atoms with Crippen molar-refractivity contribution in [2.24, 2.45) is 0 Å². The fourth-order valence-electron chi connectivity index (χ4n) is 3.38. The summed E-state index contributed by atoms with van der Waals surface area (Å²) < 4.78 is 7.38. The van der Waals surface area contributed by atoms with Crippen molar-refractivity contribution in [2.45, 2.75) is 32.5 Å². The molecule has 8 nitrogen and oxygen atoms in total. The minimum Gasteiger partial charge on any atom is -0.379 e. The first-order chi connectivity index (χ1) is 15.0. The van der Waals surface area contributed by atoms with Crippen LogP contribution in [0.2, 0.25) is 0 Å². The third-order valence-corrected chi connectivity index (χ3v) is 6.76. The molecule has 0 atom stereocenters. The predicted molar refractivity (Wildman–Crippen MR) is 123 cm³/mol. The van der Waals surface area contributed by atoms with Gasteiger partial charge >= 0.3 is 0 Å². The first-order valence-electron chi connectivity index (χ1n) is 10.2. The monoisotopic (exact) mass is 458 g/mol. The Morgan fingerprint density at radius 3 is 2.84 bits per heavy atom. The molecule has 164 valence electrons. The number of morpholine rings is 1. The first-order valence-corrected chi connectivity index (χ1v) is 12.0. The molecule has 1 saturated heterocycles. The highest BCUT2D eigenvalue weighted by Gasteiger charge is 2.17. The molecule has 3 heterocycles. The number of aryl methyl sites for hydroxylation is 3. The summed E-state index contributed by atoms with van der Waals surface area (Å²) in [6, 6.07) is 6.28. The zero-order chi connectivity index (χ0) is 21.8. The Hall–Kier alpha value is -2.27. The third-order valence-electron chi connectivity index (χ3n) is 5.02. The van der Waals surface area contributed by atoms with E-state index in [-0.39, 0.29) is 11.7 Å². The second-order valence-electron chi connectivity index (χ2n) is 7.52. The SMILES string of the molecule is Cc1ccc(C)c(-n2c(C)nnc2SCC(=O)Nc2nc(CN3CCOCC3)cs2)c1. The summed E-state index contributed by atoms with van der Waals surface area (Å²) in [7, 11) is 0. The van der Waals surface area contributed by atoms with E-state index in [9.17, 15) is 4.79 Å². The van der Waals surface area contributed by atoms with Crippen molar-refractivity contribution in [3.63, 3.8) is 0 Å². The summed E-state index contributed by atoms with van der Waals surface area (Å²) in [5, 5.41) is 14.7. The Bertz CT molecular complexity index is 1060. The molecule has 3 aromatic rings. The van der Waals surface area contributed by atoms with Crippen LogP contribution in [-0.4, -0.2) is 62.6 Å². The molecule has 0 bridgehead atoms. The zero-order valence-corrected chi connectivity index (χ0v) is 19.6. The lowest BCUT2D eigenvalue weighted by molar-refractivity contribution is -0.113. The molecule has 0 aliphatic carbocycles. The molecular weight excluding hydrogens is 432 g/mol. The smallest absolute Gasteiger partial charge is 0.236 e. The minimum atomic E-state index is -0.106. The number of nitrogens with zero attached hydrogens (tertiary/aromatic N) is 5. The molecule has 0 radical (unpaired) electrons. The van der Waals surface area contributed by atoms with Crippen LogP contribution in [0.15, 0.2) is 28.7 Å². The van der Waals surface area contributed by atoms with Gasteiger partial charge in [-0.25, -0.2) is 4.98 Å². The molecule has 1 N–H and O–H groups in total. The van der Waals surface area contributed by atoms with Crippen LogP contribution < -0.4 is 5.32 Å². The number of anilines is 1. The summed E-state index contributed by atoms with van der Waals surface area (Å²) >= 11 is 2.82. The molecule has 1 aliphatic rings. The van der Waals surface area contributed by atoms with Gasteiger partial charge in [-0.05, 0) is 38.0 Å². The largest absolute Gasteiger partial charge is 0.379 e.